The van der Waals surface area contributed by atoms with Crippen molar-refractivity contribution in [3.63, 3.8) is 0 Å². The van der Waals surface area contributed by atoms with Gasteiger partial charge in [0.2, 0.25) is 21.8 Å². The standard InChI is InChI=1S/C28H35N3O4S/c1-6-26(28(33)29-20(2)3)31(18-22-13-11-21(4)12-14-22)27(32)19-30(5)36(34,35)25-16-15-23-9-7-8-10-24(23)17-25/h7-17,20,26H,6,18-19H2,1-5H3,(H,29,33). The summed E-state index contributed by atoms with van der Waals surface area (Å²) in [4.78, 5) is 28.1. The van der Waals surface area contributed by atoms with Crippen molar-refractivity contribution < 1.29 is 18.0 Å². The van der Waals surface area contributed by atoms with Gasteiger partial charge >= 0.3 is 0 Å². The van der Waals surface area contributed by atoms with E-state index in [1.54, 1.807) is 18.2 Å². The van der Waals surface area contributed by atoms with Gasteiger partial charge in [-0.15, -0.1) is 0 Å². The van der Waals surface area contributed by atoms with Crippen LogP contribution in [0.1, 0.15) is 38.3 Å². The Balaban J connectivity index is 1.88. The topological polar surface area (TPSA) is 86.8 Å². The zero-order chi connectivity index (χ0) is 26.5. The van der Waals surface area contributed by atoms with Crippen molar-refractivity contribution in [2.45, 2.75) is 57.6 Å². The van der Waals surface area contributed by atoms with E-state index >= 15 is 0 Å². The molecule has 2 amide bonds. The van der Waals surface area contributed by atoms with Gasteiger partial charge in [0.1, 0.15) is 6.04 Å². The van der Waals surface area contributed by atoms with Crippen LogP contribution in [0.5, 0.6) is 0 Å². The smallest absolute Gasteiger partial charge is 0.243 e. The molecule has 3 aromatic carbocycles. The normalized spacial score (nSPS) is 12.6. The summed E-state index contributed by atoms with van der Waals surface area (Å²) in [7, 11) is -2.53. The van der Waals surface area contributed by atoms with Crippen LogP contribution < -0.4 is 5.32 Å². The fraction of sp³-hybridized carbons (Fsp3) is 0.357. The predicted molar refractivity (Wildman–Crippen MR) is 143 cm³/mol. The Hall–Kier alpha value is -3.23. The van der Waals surface area contributed by atoms with Gasteiger partial charge in [-0.2, -0.15) is 4.31 Å². The van der Waals surface area contributed by atoms with Gasteiger partial charge in [-0.05, 0) is 55.7 Å². The van der Waals surface area contributed by atoms with Crippen molar-refractivity contribution in [1.29, 1.82) is 0 Å². The molecule has 0 bridgehead atoms. The number of carbonyl (C=O) groups excluding carboxylic acids is 2. The lowest BCUT2D eigenvalue weighted by atomic mass is 10.1. The van der Waals surface area contributed by atoms with E-state index in [-0.39, 0.29) is 29.9 Å². The lowest BCUT2D eigenvalue weighted by Crippen LogP contribution is -2.52. The molecule has 3 rings (SSSR count). The van der Waals surface area contributed by atoms with Gasteiger partial charge in [0.05, 0.1) is 11.4 Å². The van der Waals surface area contributed by atoms with Gasteiger partial charge in [0.15, 0.2) is 0 Å². The highest BCUT2D eigenvalue weighted by molar-refractivity contribution is 7.89. The van der Waals surface area contributed by atoms with Gasteiger partial charge in [-0.3, -0.25) is 9.59 Å². The number of rotatable bonds is 10. The number of fused-ring (bicyclic) bond motifs is 1. The second-order valence-corrected chi connectivity index (χ2v) is 11.4. The first-order chi connectivity index (χ1) is 17.0. The number of aryl methyl sites for hydroxylation is 1. The monoisotopic (exact) mass is 509 g/mol. The molecule has 1 unspecified atom stereocenters. The third-order valence-electron chi connectivity index (χ3n) is 6.08. The van der Waals surface area contributed by atoms with Crippen LogP contribution in [-0.4, -0.2) is 55.1 Å². The van der Waals surface area contributed by atoms with Crippen LogP contribution in [0.25, 0.3) is 10.8 Å². The number of carbonyl (C=O) groups is 2. The van der Waals surface area contributed by atoms with Crippen molar-refractivity contribution in [2.75, 3.05) is 13.6 Å². The first kappa shape index (κ1) is 27.4. The van der Waals surface area contributed by atoms with Crippen molar-refractivity contribution in [3.05, 3.63) is 77.9 Å². The van der Waals surface area contributed by atoms with E-state index in [1.165, 1.54) is 11.9 Å². The molecular weight excluding hydrogens is 474 g/mol. The van der Waals surface area contributed by atoms with Gasteiger partial charge in [0.25, 0.3) is 0 Å². The second-order valence-electron chi connectivity index (χ2n) is 9.36. The molecule has 8 heteroatoms. The summed E-state index contributed by atoms with van der Waals surface area (Å²) in [6.45, 7) is 7.36. The first-order valence-electron chi connectivity index (χ1n) is 12.1. The molecule has 7 nitrogen and oxygen atoms in total. The molecule has 0 saturated carbocycles. The lowest BCUT2D eigenvalue weighted by molar-refractivity contribution is -0.141. The van der Waals surface area contributed by atoms with Crippen molar-refractivity contribution in [2.24, 2.45) is 0 Å². The van der Waals surface area contributed by atoms with Crippen molar-refractivity contribution in [3.8, 4) is 0 Å². The summed E-state index contributed by atoms with van der Waals surface area (Å²) in [5, 5.41) is 4.62. The van der Waals surface area contributed by atoms with E-state index in [0.29, 0.717) is 6.42 Å². The molecule has 0 aliphatic carbocycles. The summed E-state index contributed by atoms with van der Waals surface area (Å²) < 4.78 is 27.7. The van der Waals surface area contributed by atoms with Gasteiger partial charge in [0, 0.05) is 19.6 Å². The summed E-state index contributed by atoms with van der Waals surface area (Å²) >= 11 is 0. The molecule has 0 saturated heterocycles. The Morgan fingerprint density at radius 2 is 1.58 bits per heavy atom. The molecule has 1 atom stereocenters. The minimum Gasteiger partial charge on any atom is -0.352 e. The summed E-state index contributed by atoms with van der Waals surface area (Å²) in [5.41, 5.74) is 1.95. The van der Waals surface area contributed by atoms with E-state index in [1.807, 2.05) is 76.2 Å². The van der Waals surface area contributed by atoms with Crippen LogP contribution >= 0.6 is 0 Å². The SMILES string of the molecule is CCC(C(=O)NC(C)C)N(Cc1ccc(C)cc1)C(=O)CN(C)S(=O)(=O)c1ccc2ccccc2c1. The lowest BCUT2D eigenvalue weighted by Gasteiger charge is -2.32. The molecular formula is C28H35N3O4S. The Morgan fingerprint density at radius 3 is 2.19 bits per heavy atom. The number of nitrogens with one attached hydrogen (secondary N) is 1. The third kappa shape index (κ3) is 6.50. The number of hydrogen-bond donors (Lipinski definition) is 1. The van der Waals surface area contributed by atoms with Crippen LogP contribution in [0.2, 0.25) is 0 Å². The van der Waals surface area contributed by atoms with Crippen LogP contribution in [0.15, 0.2) is 71.6 Å². The minimum atomic E-state index is -3.92. The largest absolute Gasteiger partial charge is 0.352 e. The number of amides is 2. The predicted octanol–water partition coefficient (Wildman–Crippen LogP) is 4.10. The average Bonchev–Trinajstić information content (AvgIpc) is 2.84. The summed E-state index contributed by atoms with van der Waals surface area (Å²) in [6, 6.07) is 19.3. The Labute approximate surface area is 214 Å². The maximum atomic E-state index is 13.5. The first-order valence-corrected chi connectivity index (χ1v) is 13.6. The second kappa shape index (κ2) is 11.7. The van der Waals surface area contributed by atoms with Crippen LogP contribution in [0.3, 0.4) is 0 Å². The highest BCUT2D eigenvalue weighted by Gasteiger charge is 2.32. The minimum absolute atomic E-state index is 0.0844. The zero-order valence-electron chi connectivity index (χ0n) is 21.6. The molecule has 0 radical (unpaired) electrons. The molecule has 0 heterocycles. The van der Waals surface area contributed by atoms with Gasteiger partial charge in [-0.25, -0.2) is 8.42 Å². The number of hydrogen-bond acceptors (Lipinski definition) is 4. The van der Waals surface area contributed by atoms with Gasteiger partial charge < -0.3 is 10.2 Å². The molecule has 36 heavy (non-hydrogen) atoms. The summed E-state index contributed by atoms with van der Waals surface area (Å²) in [5.74, 6) is -0.693. The molecule has 0 aliphatic heterocycles. The fourth-order valence-corrected chi connectivity index (χ4v) is 5.22. The highest BCUT2D eigenvalue weighted by Crippen LogP contribution is 2.22. The van der Waals surface area contributed by atoms with Crippen LogP contribution in [0, 0.1) is 6.92 Å². The average molecular weight is 510 g/mol. The molecule has 0 aliphatic rings. The number of likely N-dealkylation sites (N-methyl/N-ethyl adjacent to an activating group) is 1. The summed E-state index contributed by atoms with van der Waals surface area (Å²) in [6.07, 6.45) is 0.400. The Kier molecular flexibility index (Phi) is 8.87. The van der Waals surface area contributed by atoms with Gasteiger partial charge in [-0.1, -0.05) is 67.1 Å². The number of nitrogens with zero attached hydrogens (tertiary/aromatic N) is 2. The quantitative estimate of drug-likeness (QED) is 0.446. The number of sulfonamides is 1. The Bertz CT molecular complexity index is 1320. The molecule has 3 aromatic rings. The molecule has 0 aromatic heterocycles. The van der Waals surface area contributed by atoms with Crippen molar-refractivity contribution >= 4 is 32.6 Å². The van der Waals surface area contributed by atoms with E-state index in [9.17, 15) is 18.0 Å². The molecule has 192 valence electrons. The van der Waals surface area contributed by atoms with E-state index in [0.717, 1.165) is 26.2 Å². The van der Waals surface area contributed by atoms with E-state index < -0.39 is 22.0 Å². The highest BCUT2D eigenvalue weighted by atomic mass is 32.2. The maximum absolute atomic E-state index is 13.5. The Morgan fingerprint density at radius 1 is 0.944 bits per heavy atom. The van der Waals surface area contributed by atoms with E-state index in [2.05, 4.69) is 5.32 Å². The van der Waals surface area contributed by atoms with Crippen LogP contribution in [-0.2, 0) is 26.2 Å². The molecule has 0 spiro atoms. The maximum Gasteiger partial charge on any atom is 0.243 e. The molecule has 1 N–H and O–H groups in total. The molecule has 0 fully saturated rings. The zero-order valence-corrected chi connectivity index (χ0v) is 22.4. The van der Waals surface area contributed by atoms with Crippen LogP contribution in [0.4, 0.5) is 0 Å². The third-order valence-corrected chi connectivity index (χ3v) is 7.88. The fourth-order valence-electron chi connectivity index (χ4n) is 4.06. The number of benzene rings is 3. The van der Waals surface area contributed by atoms with E-state index in [4.69, 9.17) is 0 Å². The van der Waals surface area contributed by atoms with Crippen molar-refractivity contribution in [1.82, 2.24) is 14.5 Å².